The fourth-order valence-corrected chi connectivity index (χ4v) is 3.03. The highest BCUT2D eigenvalue weighted by Gasteiger charge is 2.26. The molecule has 0 spiro atoms. The number of nitrogens with one attached hydrogen (secondary N) is 1. The maximum atomic E-state index is 11.9. The number of hydrogen-bond donors (Lipinski definition) is 2. The van der Waals surface area contributed by atoms with Crippen molar-refractivity contribution in [2.75, 3.05) is 11.4 Å². The molecule has 1 unspecified atom stereocenters. The number of ether oxygens (including phenoxy) is 1. The van der Waals surface area contributed by atoms with Gasteiger partial charge in [-0.1, -0.05) is 12.1 Å². The SMILES string of the molecule is CC(C)N1CCc2cc(CC(NC(=O)OC(C)(C)C)C(=O)O)ccc21. The minimum absolute atomic E-state index is 0.226. The number of alkyl carbamates (subject to hydrolysis) is 1. The molecule has 0 radical (unpaired) electrons. The highest BCUT2D eigenvalue weighted by Crippen LogP contribution is 2.30. The largest absolute Gasteiger partial charge is 0.480 e. The molecule has 0 fully saturated rings. The molecule has 2 N–H and O–H groups in total. The van der Waals surface area contributed by atoms with Gasteiger partial charge in [0.15, 0.2) is 0 Å². The number of carboxylic acid groups (broad SMARTS) is 1. The second-order valence-electron chi connectivity index (χ2n) is 7.74. The second-order valence-corrected chi connectivity index (χ2v) is 7.74. The Morgan fingerprint density at radius 3 is 2.56 bits per heavy atom. The molecule has 1 atom stereocenters. The zero-order valence-electron chi connectivity index (χ0n) is 15.6. The summed E-state index contributed by atoms with van der Waals surface area (Å²) in [5.74, 6) is -1.07. The summed E-state index contributed by atoms with van der Waals surface area (Å²) < 4.78 is 5.15. The lowest BCUT2D eigenvalue weighted by Gasteiger charge is -2.24. The number of aliphatic carboxylic acids is 1. The normalized spacial score (nSPS) is 15.0. The van der Waals surface area contributed by atoms with Crippen molar-refractivity contribution in [3.63, 3.8) is 0 Å². The van der Waals surface area contributed by atoms with Gasteiger partial charge in [0.1, 0.15) is 11.6 Å². The molecule has 1 aliphatic rings. The number of carbonyl (C=O) groups excluding carboxylic acids is 1. The zero-order chi connectivity index (χ0) is 18.8. The van der Waals surface area contributed by atoms with Crippen LogP contribution < -0.4 is 10.2 Å². The number of amides is 1. The van der Waals surface area contributed by atoms with Crippen molar-refractivity contribution in [1.82, 2.24) is 5.32 Å². The predicted octanol–water partition coefficient (Wildman–Crippen LogP) is 2.98. The molecule has 0 aliphatic carbocycles. The van der Waals surface area contributed by atoms with Gasteiger partial charge in [-0.15, -0.1) is 0 Å². The first-order valence-corrected chi connectivity index (χ1v) is 8.67. The summed E-state index contributed by atoms with van der Waals surface area (Å²) in [6.45, 7) is 10.5. The van der Waals surface area contributed by atoms with Crippen molar-refractivity contribution in [2.24, 2.45) is 0 Å². The molecule has 0 aromatic heterocycles. The average Bonchev–Trinajstić information content (AvgIpc) is 2.87. The summed E-state index contributed by atoms with van der Waals surface area (Å²) in [7, 11) is 0. The van der Waals surface area contributed by atoms with E-state index in [1.54, 1.807) is 20.8 Å². The predicted molar refractivity (Wildman–Crippen MR) is 97.1 cm³/mol. The smallest absolute Gasteiger partial charge is 0.408 e. The number of hydrogen-bond acceptors (Lipinski definition) is 4. The Hall–Kier alpha value is -2.24. The van der Waals surface area contributed by atoms with Crippen molar-refractivity contribution < 1.29 is 19.4 Å². The number of anilines is 1. The van der Waals surface area contributed by atoms with E-state index in [1.165, 1.54) is 11.3 Å². The highest BCUT2D eigenvalue weighted by molar-refractivity contribution is 5.80. The van der Waals surface area contributed by atoms with Gasteiger partial charge in [-0.2, -0.15) is 0 Å². The average molecular weight is 348 g/mol. The molecule has 2 rings (SSSR count). The van der Waals surface area contributed by atoms with Gasteiger partial charge in [-0.25, -0.2) is 9.59 Å². The van der Waals surface area contributed by atoms with Crippen molar-refractivity contribution in [3.05, 3.63) is 29.3 Å². The number of carboxylic acids is 1. The van der Waals surface area contributed by atoms with Gasteiger partial charge in [0, 0.05) is 24.7 Å². The number of rotatable bonds is 5. The number of benzene rings is 1. The van der Waals surface area contributed by atoms with E-state index in [0.29, 0.717) is 6.04 Å². The molecule has 25 heavy (non-hydrogen) atoms. The molecule has 1 aromatic carbocycles. The van der Waals surface area contributed by atoms with Crippen LogP contribution in [0.3, 0.4) is 0 Å². The summed E-state index contributed by atoms with van der Waals surface area (Å²) in [6, 6.07) is 5.45. The molecule has 1 aliphatic heterocycles. The van der Waals surface area contributed by atoms with Crippen LogP contribution in [-0.4, -0.2) is 41.4 Å². The highest BCUT2D eigenvalue weighted by atomic mass is 16.6. The van der Waals surface area contributed by atoms with Crippen LogP contribution in [0, 0.1) is 0 Å². The molecule has 138 valence electrons. The lowest BCUT2D eigenvalue weighted by molar-refractivity contribution is -0.139. The molecule has 1 amide bonds. The van der Waals surface area contributed by atoms with Crippen LogP contribution in [0.15, 0.2) is 18.2 Å². The Kier molecular flexibility index (Phi) is 5.60. The third kappa shape index (κ3) is 5.11. The van der Waals surface area contributed by atoms with E-state index in [-0.39, 0.29) is 6.42 Å². The van der Waals surface area contributed by atoms with Gasteiger partial charge in [0.25, 0.3) is 0 Å². The topological polar surface area (TPSA) is 78.9 Å². The van der Waals surface area contributed by atoms with Gasteiger partial charge in [-0.05, 0) is 58.2 Å². The van der Waals surface area contributed by atoms with E-state index in [9.17, 15) is 14.7 Å². The standard InChI is InChI=1S/C19H28N2O4/c1-12(2)21-9-8-14-10-13(6-7-16(14)21)11-15(17(22)23)20-18(24)25-19(3,4)5/h6-7,10,12,15H,8-9,11H2,1-5H3,(H,20,24)(H,22,23). The van der Waals surface area contributed by atoms with Crippen LogP contribution in [0.4, 0.5) is 10.5 Å². The quantitative estimate of drug-likeness (QED) is 0.855. The van der Waals surface area contributed by atoms with Crippen LogP contribution in [-0.2, 0) is 22.4 Å². The maximum absolute atomic E-state index is 11.9. The summed E-state index contributed by atoms with van der Waals surface area (Å²) >= 11 is 0. The minimum Gasteiger partial charge on any atom is -0.480 e. The third-order valence-electron chi connectivity index (χ3n) is 4.13. The van der Waals surface area contributed by atoms with E-state index in [4.69, 9.17) is 4.74 Å². The molecule has 6 heteroatoms. The zero-order valence-corrected chi connectivity index (χ0v) is 15.6. The number of carbonyl (C=O) groups is 2. The van der Waals surface area contributed by atoms with Crippen LogP contribution >= 0.6 is 0 Å². The molecular weight excluding hydrogens is 320 g/mol. The Morgan fingerprint density at radius 1 is 1.32 bits per heavy atom. The van der Waals surface area contributed by atoms with E-state index < -0.39 is 23.7 Å². The van der Waals surface area contributed by atoms with Gasteiger partial charge in [0.2, 0.25) is 0 Å². The second kappa shape index (κ2) is 7.33. The number of nitrogens with zero attached hydrogens (tertiary/aromatic N) is 1. The van der Waals surface area contributed by atoms with E-state index in [0.717, 1.165) is 18.5 Å². The lowest BCUT2D eigenvalue weighted by Crippen LogP contribution is -2.44. The first-order valence-electron chi connectivity index (χ1n) is 8.67. The van der Waals surface area contributed by atoms with Crippen molar-refractivity contribution in [2.45, 2.75) is 65.1 Å². The molecule has 0 saturated carbocycles. The molecule has 1 heterocycles. The van der Waals surface area contributed by atoms with Crippen LogP contribution in [0.2, 0.25) is 0 Å². The third-order valence-corrected chi connectivity index (χ3v) is 4.13. The Balaban J connectivity index is 2.08. The monoisotopic (exact) mass is 348 g/mol. The van der Waals surface area contributed by atoms with Crippen LogP contribution in [0.25, 0.3) is 0 Å². The molecule has 6 nitrogen and oxygen atoms in total. The lowest BCUT2D eigenvalue weighted by atomic mass is 10.0. The van der Waals surface area contributed by atoms with E-state index >= 15 is 0 Å². The van der Waals surface area contributed by atoms with E-state index in [2.05, 4.69) is 24.1 Å². The fraction of sp³-hybridized carbons (Fsp3) is 0.579. The van der Waals surface area contributed by atoms with Gasteiger partial charge in [-0.3, -0.25) is 0 Å². The van der Waals surface area contributed by atoms with Gasteiger partial charge < -0.3 is 20.1 Å². The summed E-state index contributed by atoms with van der Waals surface area (Å²) in [5, 5.41) is 11.9. The van der Waals surface area contributed by atoms with Crippen LogP contribution in [0.5, 0.6) is 0 Å². The van der Waals surface area contributed by atoms with Gasteiger partial charge >= 0.3 is 12.1 Å². The fourth-order valence-electron chi connectivity index (χ4n) is 3.03. The van der Waals surface area contributed by atoms with Crippen molar-refractivity contribution in [3.8, 4) is 0 Å². The molecular formula is C19H28N2O4. The molecule has 0 bridgehead atoms. The Bertz CT molecular complexity index is 649. The Morgan fingerprint density at radius 2 is 2.00 bits per heavy atom. The summed E-state index contributed by atoms with van der Waals surface area (Å²) in [4.78, 5) is 25.7. The first-order chi connectivity index (χ1) is 11.6. The molecule has 0 saturated heterocycles. The number of fused-ring (bicyclic) bond motifs is 1. The van der Waals surface area contributed by atoms with Crippen LogP contribution in [0.1, 0.15) is 45.7 Å². The Labute approximate surface area is 149 Å². The first kappa shape index (κ1) is 19.1. The summed E-state index contributed by atoms with van der Waals surface area (Å²) in [5.41, 5.74) is 2.67. The summed E-state index contributed by atoms with van der Waals surface area (Å²) in [6.07, 6.45) is 0.467. The van der Waals surface area contributed by atoms with Crippen molar-refractivity contribution in [1.29, 1.82) is 0 Å². The van der Waals surface area contributed by atoms with Crippen molar-refractivity contribution >= 4 is 17.7 Å². The molecule has 1 aromatic rings. The minimum atomic E-state index is -1.07. The maximum Gasteiger partial charge on any atom is 0.408 e. The van der Waals surface area contributed by atoms with E-state index in [1.807, 2.05) is 18.2 Å². The van der Waals surface area contributed by atoms with Gasteiger partial charge in [0.05, 0.1) is 0 Å².